The van der Waals surface area contributed by atoms with Crippen molar-refractivity contribution in [3.8, 4) is 5.75 Å². The fourth-order valence-corrected chi connectivity index (χ4v) is 1.71. The first-order chi connectivity index (χ1) is 7.90. The molecule has 4 nitrogen and oxygen atoms in total. The smallest absolute Gasteiger partial charge is 0.146 e. The number of anilines is 1. The lowest BCUT2D eigenvalue weighted by atomic mass is 10.3. The molecule has 0 unspecified atom stereocenters. The molecule has 0 saturated carbocycles. The minimum Gasteiger partial charge on any atom is -0.464 e. The van der Waals surface area contributed by atoms with E-state index in [0.717, 1.165) is 37.6 Å². The summed E-state index contributed by atoms with van der Waals surface area (Å²) in [5, 5.41) is 3.33. The van der Waals surface area contributed by atoms with E-state index in [4.69, 9.17) is 4.74 Å². The largest absolute Gasteiger partial charge is 0.464 e. The van der Waals surface area contributed by atoms with Gasteiger partial charge in [0.15, 0.2) is 0 Å². The van der Waals surface area contributed by atoms with Crippen LogP contribution in [0.3, 0.4) is 0 Å². The lowest BCUT2D eigenvalue weighted by molar-refractivity contribution is 0.477. The zero-order chi connectivity index (χ0) is 11.2. The minimum atomic E-state index is 0.786. The maximum atomic E-state index is 5.40. The lowest BCUT2D eigenvalue weighted by Gasteiger charge is -2.29. The standard InChI is InChI=1S/C12H17N3O/c1-2-7-16-12-8-11(9-14-10-12)15-5-3-13-4-6-15/h2,7-10,13H,3-6H2,1H3. The van der Waals surface area contributed by atoms with Crippen molar-refractivity contribution in [2.45, 2.75) is 6.92 Å². The minimum absolute atomic E-state index is 0.786. The molecule has 0 bridgehead atoms. The maximum Gasteiger partial charge on any atom is 0.146 e. The van der Waals surface area contributed by atoms with E-state index in [2.05, 4.69) is 15.2 Å². The van der Waals surface area contributed by atoms with Crippen LogP contribution >= 0.6 is 0 Å². The van der Waals surface area contributed by atoms with Gasteiger partial charge in [0, 0.05) is 32.2 Å². The molecule has 86 valence electrons. The zero-order valence-electron chi connectivity index (χ0n) is 9.52. The molecule has 4 heteroatoms. The molecular formula is C12H17N3O. The lowest BCUT2D eigenvalue weighted by Crippen LogP contribution is -2.43. The highest BCUT2D eigenvalue weighted by Crippen LogP contribution is 2.19. The normalized spacial score (nSPS) is 16.7. The summed E-state index contributed by atoms with van der Waals surface area (Å²) in [5.74, 6) is 0.786. The van der Waals surface area contributed by atoms with Crippen molar-refractivity contribution >= 4 is 5.69 Å². The molecule has 1 saturated heterocycles. The number of hydrogen-bond donors (Lipinski definition) is 1. The molecule has 2 heterocycles. The Balaban J connectivity index is 2.08. The average Bonchev–Trinajstić information content (AvgIpc) is 2.38. The molecule has 1 aliphatic heterocycles. The van der Waals surface area contributed by atoms with Crippen LogP contribution in [0.25, 0.3) is 0 Å². The number of allylic oxidation sites excluding steroid dienone is 1. The van der Waals surface area contributed by atoms with Gasteiger partial charge in [0.05, 0.1) is 24.3 Å². The zero-order valence-corrected chi connectivity index (χ0v) is 9.52. The topological polar surface area (TPSA) is 37.4 Å². The molecule has 1 N–H and O–H groups in total. The Morgan fingerprint density at radius 1 is 1.38 bits per heavy atom. The summed E-state index contributed by atoms with van der Waals surface area (Å²) in [6, 6.07) is 2.03. The Bertz CT molecular complexity index is 359. The SMILES string of the molecule is CC=COc1cncc(N2CCNCC2)c1. The number of rotatable bonds is 3. The molecule has 0 aliphatic carbocycles. The Morgan fingerprint density at radius 3 is 2.94 bits per heavy atom. The van der Waals surface area contributed by atoms with Gasteiger partial charge in [-0.2, -0.15) is 0 Å². The molecule has 0 amide bonds. The first-order valence-corrected chi connectivity index (χ1v) is 5.58. The summed E-state index contributed by atoms with van der Waals surface area (Å²) in [7, 11) is 0. The summed E-state index contributed by atoms with van der Waals surface area (Å²) in [6.07, 6.45) is 7.13. The number of ether oxygens (including phenoxy) is 1. The van der Waals surface area contributed by atoms with Crippen LogP contribution in [0.2, 0.25) is 0 Å². The van der Waals surface area contributed by atoms with Gasteiger partial charge in [0.2, 0.25) is 0 Å². The van der Waals surface area contributed by atoms with Crippen molar-refractivity contribution < 1.29 is 4.74 Å². The number of pyridine rings is 1. The van der Waals surface area contributed by atoms with Crippen LogP contribution in [-0.2, 0) is 0 Å². The van der Waals surface area contributed by atoms with Crippen LogP contribution in [0.1, 0.15) is 6.92 Å². The van der Waals surface area contributed by atoms with Crippen LogP contribution in [0, 0.1) is 0 Å². The molecule has 1 fully saturated rings. The molecule has 0 spiro atoms. The van der Waals surface area contributed by atoms with Gasteiger partial charge >= 0.3 is 0 Å². The van der Waals surface area contributed by atoms with Crippen molar-refractivity contribution in [2.75, 3.05) is 31.1 Å². The average molecular weight is 219 g/mol. The second kappa shape index (κ2) is 5.51. The summed E-state index contributed by atoms with van der Waals surface area (Å²) < 4.78 is 5.40. The Labute approximate surface area is 95.9 Å². The molecule has 1 aliphatic rings. The Kier molecular flexibility index (Phi) is 3.77. The van der Waals surface area contributed by atoms with Crippen LogP contribution < -0.4 is 15.0 Å². The maximum absolute atomic E-state index is 5.40. The van der Waals surface area contributed by atoms with E-state index in [-0.39, 0.29) is 0 Å². The van der Waals surface area contributed by atoms with E-state index in [1.165, 1.54) is 0 Å². The fraction of sp³-hybridized carbons (Fsp3) is 0.417. The third-order valence-electron chi connectivity index (χ3n) is 2.52. The van der Waals surface area contributed by atoms with Gasteiger partial charge in [-0.25, -0.2) is 0 Å². The van der Waals surface area contributed by atoms with E-state index in [9.17, 15) is 0 Å². The van der Waals surface area contributed by atoms with Crippen molar-refractivity contribution in [2.24, 2.45) is 0 Å². The van der Waals surface area contributed by atoms with E-state index in [1.807, 2.05) is 25.3 Å². The number of nitrogens with one attached hydrogen (secondary N) is 1. The molecule has 0 aromatic carbocycles. The Hall–Kier alpha value is -1.55. The number of piperazine rings is 1. The van der Waals surface area contributed by atoms with Gasteiger partial charge in [0.1, 0.15) is 5.75 Å². The summed E-state index contributed by atoms with van der Waals surface area (Å²) >= 11 is 0. The van der Waals surface area contributed by atoms with Gasteiger partial charge in [-0.1, -0.05) is 6.08 Å². The molecule has 1 aromatic heterocycles. The first kappa shape index (κ1) is 11.0. The molecule has 1 aromatic rings. The van der Waals surface area contributed by atoms with E-state index >= 15 is 0 Å². The Morgan fingerprint density at radius 2 is 2.19 bits per heavy atom. The molecule has 0 radical (unpaired) electrons. The second-order valence-corrected chi connectivity index (χ2v) is 3.70. The number of nitrogens with zero attached hydrogens (tertiary/aromatic N) is 2. The van der Waals surface area contributed by atoms with Crippen molar-refractivity contribution in [1.82, 2.24) is 10.3 Å². The van der Waals surface area contributed by atoms with Crippen LogP contribution in [-0.4, -0.2) is 31.2 Å². The highest BCUT2D eigenvalue weighted by molar-refractivity contribution is 5.48. The van der Waals surface area contributed by atoms with Gasteiger partial charge in [-0.15, -0.1) is 0 Å². The number of hydrogen-bond acceptors (Lipinski definition) is 4. The molecule has 0 atom stereocenters. The van der Waals surface area contributed by atoms with Crippen molar-refractivity contribution in [3.63, 3.8) is 0 Å². The predicted octanol–water partition coefficient (Wildman–Crippen LogP) is 1.40. The molecule has 16 heavy (non-hydrogen) atoms. The van der Waals surface area contributed by atoms with E-state index in [1.54, 1.807) is 12.5 Å². The third kappa shape index (κ3) is 2.73. The van der Waals surface area contributed by atoms with E-state index in [0.29, 0.717) is 0 Å². The van der Waals surface area contributed by atoms with E-state index < -0.39 is 0 Å². The van der Waals surface area contributed by atoms with Gasteiger partial charge in [-0.3, -0.25) is 4.98 Å². The third-order valence-corrected chi connectivity index (χ3v) is 2.52. The van der Waals surface area contributed by atoms with Crippen molar-refractivity contribution in [1.29, 1.82) is 0 Å². The fourth-order valence-electron chi connectivity index (χ4n) is 1.71. The quantitative estimate of drug-likeness (QED) is 0.780. The molecule has 2 rings (SSSR count). The second-order valence-electron chi connectivity index (χ2n) is 3.70. The van der Waals surface area contributed by atoms with Crippen molar-refractivity contribution in [3.05, 3.63) is 30.8 Å². The van der Waals surface area contributed by atoms with Crippen LogP contribution in [0.4, 0.5) is 5.69 Å². The highest BCUT2D eigenvalue weighted by Gasteiger charge is 2.10. The summed E-state index contributed by atoms with van der Waals surface area (Å²) in [6.45, 7) is 6.02. The monoisotopic (exact) mass is 219 g/mol. The van der Waals surface area contributed by atoms with Crippen LogP contribution in [0.5, 0.6) is 5.75 Å². The predicted molar refractivity (Wildman–Crippen MR) is 64.8 cm³/mol. The first-order valence-electron chi connectivity index (χ1n) is 5.58. The number of aromatic nitrogens is 1. The van der Waals surface area contributed by atoms with Gasteiger partial charge in [0.25, 0.3) is 0 Å². The van der Waals surface area contributed by atoms with Crippen LogP contribution in [0.15, 0.2) is 30.8 Å². The molecular weight excluding hydrogens is 202 g/mol. The van der Waals surface area contributed by atoms with Gasteiger partial charge < -0.3 is 15.0 Å². The highest BCUT2D eigenvalue weighted by atomic mass is 16.5. The van der Waals surface area contributed by atoms with Gasteiger partial charge in [-0.05, 0) is 6.92 Å². The summed E-state index contributed by atoms with van der Waals surface area (Å²) in [5.41, 5.74) is 1.13. The summed E-state index contributed by atoms with van der Waals surface area (Å²) in [4.78, 5) is 6.50.